The lowest BCUT2D eigenvalue weighted by Gasteiger charge is -2.31. The maximum Gasteiger partial charge on any atom is 0.230 e. The van der Waals surface area contributed by atoms with E-state index in [-0.39, 0.29) is 12.3 Å². The van der Waals surface area contributed by atoms with Crippen molar-refractivity contribution in [3.05, 3.63) is 24.5 Å². The van der Waals surface area contributed by atoms with Crippen LogP contribution in [-0.4, -0.2) is 36.0 Å². The fourth-order valence-corrected chi connectivity index (χ4v) is 2.58. The minimum Gasteiger partial charge on any atom is -0.544 e. The molecule has 0 saturated carbocycles. The number of carbonyl (C=O) groups excluding carboxylic acids is 2. The smallest absolute Gasteiger partial charge is 0.230 e. The Bertz CT molecular complexity index is 458. The first-order chi connectivity index (χ1) is 9.66. The van der Waals surface area contributed by atoms with E-state index in [4.69, 9.17) is 0 Å². The summed E-state index contributed by atoms with van der Waals surface area (Å²) in [4.78, 5) is 28.0. The summed E-state index contributed by atoms with van der Waals surface area (Å²) in [5.74, 6) is -1.46. The van der Waals surface area contributed by atoms with Gasteiger partial charge in [0.05, 0.1) is 37.4 Å². The van der Waals surface area contributed by atoms with Crippen LogP contribution in [0.5, 0.6) is 0 Å². The van der Waals surface area contributed by atoms with Crippen LogP contribution in [0.4, 0.5) is 5.69 Å². The van der Waals surface area contributed by atoms with Gasteiger partial charge in [-0.25, -0.2) is 0 Å². The molecule has 0 aliphatic carbocycles. The number of aliphatic carboxylic acids is 1. The van der Waals surface area contributed by atoms with E-state index in [1.165, 1.54) is 6.20 Å². The topological polar surface area (TPSA) is 86.6 Å². The van der Waals surface area contributed by atoms with Crippen LogP contribution in [0, 0.1) is 0 Å². The van der Waals surface area contributed by atoms with Gasteiger partial charge in [-0.05, 0) is 31.4 Å². The second kappa shape index (κ2) is 7.00. The molecule has 0 spiro atoms. The van der Waals surface area contributed by atoms with E-state index in [1.54, 1.807) is 18.3 Å². The summed E-state index contributed by atoms with van der Waals surface area (Å²) in [6, 6.07) is 2.65. The van der Waals surface area contributed by atoms with E-state index in [1.807, 2.05) is 0 Å². The first-order valence-corrected chi connectivity index (χ1v) is 6.92. The zero-order valence-corrected chi connectivity index (χ0v) is 11.3. The minimum atomic E-state index is -1.15. The fraction of sp³-hybridized carbons (Fsp3) is 0.500. The van der Waals surface area contributed by atoms with Gasteiger partial charge in [0.2, 0.25) is 5.91 Å². The van der Waals surface area contributed by atoms with Crippen molar-refractivity contribution in [3.63, 3.8) is 0 Å². The van der Waals surface area contributed by atoms with E-state index in [0.717, 1.165) is 37.3 Å². The second-order valence-electron chi connectivity index (χ2n) is 5.08. The van der Waals surface area contributed by atoms with E-state index in [2.05, 4.69) is 10.3 Å². The van der Waals surface area contributed by atoms with Crippen molar-refractivity contribution in [3.8, 4) is 0 Å². The predicted molar refractivity (Wildman–Crippen MR) is 70.8 cm³/mol. The molecule has 0 aromatic carbocycles. The molecule has 20 heavy (non-hydrogen) atoms. The number of hydrogen-bond donors (Lipinski definition) is 2. The largest absolute Gasteiger partial charge is 0.544 e. The highest BCUT2D eigenvalue weighted by molar-refractivity contribution is 5.93. The number of carbonyl (C=O) groups is 2. The van der Waals surface area contributed by atoms with Crippen molar-refractivity contribution >= 4 is 17.6 Å². The van der Waals surface area contributed by atoms with Gasteiger partial charge >= 0.3 is 0 Å². The van der Waals surface area contributed by atoms with Crippen LogP contribution in [0.1, 0.15) is 25.7 Å². The zero-order chi connectivity index (χ0) is 14.4. The molecule has 0 unspecified atom stereocenters. The summed E-state index contributed by atoms with van der Waals surface area (Å²) < 4.78 is 0. The molecule has 1 aromatic rings. The number of nitrogens with zero attached hydrogens (tertiary/aromatic N) is 1. The molecule has 0 radical (unpaired) electrons. The SMILES string of the molecule is O=C(C[C@@H](C(=O)[O-])[NH+]1CCCCC1)Nc1cccnc1. The highest BCUT2D eigenvalue weighted by Gasteiger charge is 2.27. The van der Waals surface area contributed by atoms with Crippen LogP contribution in [-0.2, 0) is 9.59 Å². The molecule has 2 rings (SSSR count). The van der Waals surface area contributed by atoms with Crippen LogP contribution in [0.2, 0.25) is 0 Å². The quantitative estimate of drug-likeness (QED) is 0.693. The summed E-state index contributed by atoms with van der Waals surface area (Å²) in [5, 5.41) is 13.9. The molecule has 1 aliphatic heterocycles. The van der Waals surface area contributed by atoms with E-state index in [0.29, 0.717) is 5.69 Å². The third-order valence-corrected chi connectivity index (χ3v) is 3.61. The molecule has 2 heterocycles. The van der Waals surface area contributed by atoms with Gasteiger partial charge in [0.15, 0.2) is 0 Å². The molecule has 1 saturated heterocycles. The van der Waals surface area contributed by atoms with Crippen molar-refractivity contribution in [2.75, 3.05) is 18.4 Å². The number of amides is 1. The van der Waals surface area contributed by atoms with Crippen LogP contribution >= 0.6 is 0 Å². The first kappa shape index (κ1) is 14.5. The summed E-state index contributed by atoms with van der Waals surface area (Å²) in [5.41, 5.74) is 0.572. The predicted octanol–water partition coefficient (Wildman–Crippen LogP) is -1.40. The number of anilines is 1. The summed E-state index contributed by atoms with van der Waals surface area (Å²) >= 11 is 0. The Kier molecular flexibility index (Phi) is 5.06. The van der Waals surface area contributed by atoms with Gasteiger partial charge in [-0.2, -0.15) is 0 Å². The summed E-state index contributed by atoms with van der Waals surface area (Å²) in [6.07, 6.45) is 6.21. The van der Waals surface area contributed by atoms with Gasteiger partial charge in [-0.1, -0.05) is 0 Å². The molecule has 6 heteroatoms. The van der Waals surface area contributed by atoms with Crippen LogP contribution in [0.25, 0.3) is 0 Å². The van der Waals surface area contributed by atoms with Gasteiger partial charge in [-0.3, -0.25) is 9.78 Å². The normalized spacial score (nSPS) is 17.4. The average molecular weight is 277 g/mol. The Hall–Kier alpha value is -1.95. The maximum atomic E-state index is 11.9. The fourth-order valence-electron chi connectivity index (χ4n) is 2.58. The number of hydrogen-bond acceptors (Lipinski definition) is 4. The lowest BCUT2D eigenvalue weighted by molar-refractivity contribution is -0.922. The van der Waals surface area contributed by atoms with Crippen LogP contribution < -0.4 is 15.3 Å². The van der Waals surface area contributed by atoms with Gasteiger partial charge in [0.1, 0.15) is 6.04 Å². The highest BCUT2D eigenvalue weighted by atomic mass is 16.4. The Balaban J connectivity index is 1.93. The van der Waals surface area contributed by atoms with Crippen LogP contribution in [0.3, 0.4) is 0 Å². The second-order valence-corrected chi connectivity index (χ2v) is 5.08. The van der Waals surface area contributed by atoms with E-state index in [9.17, 15) is 14.7 Å². The molecule has 1 aliphatic rings. The zero-order valence-electron chi connectivity index (χ0n) is 11.3. The molecule has 6 nitrogen and oxygen atoms in total. The van der Waals surface area contributed by atoms with Crippen LogP contribution in [0.15, 0.2) is 24.5 Å². The lowest BCUT2D eigenvalue weighted by atomic mass is 10.1. The molecule has 1 amide bonds. The number of aromatic nitrogens is 1. The van der Waals surface area contributed by atoms with E-state index >= 15 is 0 Å². The van der Waals surface area contributed by atoms with Crippen molar-refractivity contribution in [2.24, 2.45) is 0 Å². The minimum absolute atomic E-state index is 0.0629. The Morgan fingerprint density at radius 2 is 2.10 bits per heavy atom. The number of likely N-dealkylation sites (tertiary alicyclic amines) is 1. The molecule has 0 bridgehead atoms. The molecular weight excluding hydrogens is 258 g/mol. The number of pyridine rings is 1. The molecule has 2 N–H and O–H groups in total. The monoisotopic (exact) mass is 277 g/mol. The molecule has 1 fully saturated rings. The molecular formula is C14H19N3O3. The Morgan fingerprint density at radius 1 is 1.35 bits per heavy atom. The van der Waals surface area contributed by atoms with Gasteiger partial charge in [0, 0.05) is 6.20 Å². The Morgan fingerprint density at radius 3 is 2.70 bits per heavy atom. The van der Waals surface area contributed by atoms with Gasteiger partial charge < -0.3 is 20.1 Å². The number of nitrogens with one attached hydrogen (secondary N) is 2. The molecule has 1 aromatic heterocycles. The number of carboxylic acids is 1. The van der Waals surface area contributed by atoms with E-state index < -0.39 is 12.0 Å². The molecule has 1 atom stereocenters. The number of quaternary nitrogens is 1. The first-order valence-electron chi connectivity index (χ1n) is 6.92. The van der Waals surface area contributed by atoms with Gasteiger partial charge in [-0.15, -0.1) is 0 Å². The van der Waals surface area contributed by atoms with Crippen molar-refractivity contribution < 1.29 is 19.6 Å². The average Bonchev–Trinajstić information content (AvgIpc) is 2.46. The van der Waals surface area contributed by atoms with Crippen molar-refractivity contribution in [2.45, 2.75) is 31.7 Å². The number of piperidine rings is 1. The maximum absolute atomic E-state index is 11.9. The summed E-state index contributed by atoms with van der Waals surface area (Å²) in [7, 11) is 0. The highest BCUT2D eigenvalue weighted by Crippen LogP contribution is 2.04. The number of carboxylic acid groups (broad SMARTS) is 1. The third kappa shape index (κ3) is 4.03. The third-order valence-electron chi connectivity index (χ3n) is 3.61. The van der Waals surface area contributed by atoms with Crippen molar-refractivity contribution in [1.29, 1.82) is 0 Å². The van der Waals surface area contributed by atoms with Crippen molar-refractivity contribution in [1.82, 2.24) is 4.98 Å². The standard InChI is InChI=1S/C14H19N3O3/c18-13(16-11-5-4-6-15-10-11)9-12(14(19)20)17-7-2-1-3-8-17/h4-6,10,12H,1-3,7-9H2,(H,16,18)(H,19,20)/t12-/m0/s1. The molecule has 108 valence electrons. The Labute approximate surface area is 117 Å². The number of rotatable bonds is 5. The lowest BCUT2D eigenvalue weighted by Crippen LogP contribution is -3.18. The van der Waals surface area contributed by atoms with Gasteiger partial charge in [0.25, 0.3) is 0 Å². The summed E-state index contributed by atoms with van der Waals surface area (Å²) in [6.45, 7) is 1.58.